The molecule has 4 heteroatoms. The van der Waals surface area contributed by atoms with Crippen LogP contribution in [0.15, 0.2) is 0 Å². The minimum absolute atomic E-state index is 0.497. The molecule has 2 heterocycles. The van der Waals surface area contributed by atoms with E-state index in [9.17, 15) is 4.79 Å². The average molecular weight is 156 g/mol. The van der Waals surface area contributed by atoms with E-state index in [1.165, 1.54) is 0 Å². The predicted octanol–water partition coefficient (Wildman–Crippen LogP) is -0.140. The lowest BCUT2D eigenvalue weighted by Crippen LogP contribution is -2.68. The fourth-order valence-electron chi connectivity index (χ4n) is 1.89. The molecule has 2 bridgehead atoms. The maximum atomic E-state index is 10.8. The molecule has 0 spiro atoms. The summed E-state index contributed by atoms with van der Waals surface area (Å²) in [5.74, 6) is -0.719. The zero-order valence-electron chi connectivity index (χ0n) is 6.26. The molecule has 4 nitrogen and oxygen atoms in total. The third kappa shape index (κ3) is 0.937. The first-order valence-electron chi connectivity index (χ1n) is 3.99. The molecule has 11 heavy (non-hydrogen) atoms. The Morgan fingerprint density at radius 3 is 2.36 bits per heavy atom. The Kier molecular flexibility index (Phi) is 1.40. The maximum Gasteiger partial charge on any atom is 0.325 e. The topological polar surface area (TPSA) is 61.4 Å². The number of fused-ring (bicyclic) bond motifs is 3. The van der Waals surface area contributed by atoms with Gasteiger partial charge in [0.15, 0.2) is 0 Å². The molecule has 62 valence electrons. The van der Waals surface area contributed by atoms with Gasteiger partial charge in [0.2, 0.25) is 0 Å². The number of rotatable bonds is 1. The normalized spacial score (nSPS) is 42.4. The van der Waals surface area contributed by atoms with E-state index in [-0.39, 0.29) is 0 Å². The summed E-state index contributed by atoms with van der Waals surface area (Å²) in [4.78, 5) is 10.8. The molecule has 0 unspecified atom stereocenters. The van der Waals surface area contributed by atoms with Crippen molar-refractivity contribution < 1.29 is 9.90 Å². The quantitative estimate of drug-likeness (QED) is 0.494. The van der Waals surface area contributed by atoms with Crippen LogP contribution >= 0.6 is 0 Å². The molecule has 2 aliphatic heterocycles. The lowest BCUT2D eigenvalue weighted by atomic mass is 9.78. The van der Waals surface area contributed by atoms with E-state index >= 15 is 0 Å². The fourth-order valence-corrected chi connectivity index (χ4v) is 1.89. The second-order valence-electron chi connectivity index (χ2n) is 3.43. The van der Waals surface area contributed by atoms with Gasteiger partial charge in [0.25, 0.3) is 0 Å². The van der Waals surface area contributed by atoms with Crippen LogP contribution in [0.3, 0.4) is 0 Å². The van der Waals surface area contributed by atoms with Crippen LogP contribution in [0.5, 0.6) is 0 Å². The summed E-state index contributed by atoms with van der Waals surface area (Å²) in [6, 6.07) is 0.497. The van der Waals surface area contributed by atoms with Crippen LogP contribution in [0.1, 0.15) is 25.7 Å². The molecule has 0 amide bonds. The Morgan fingerprint density at radius 1 is 1.45 bits per heavy atom. The van der Waals surface area contributed by atoms with E-state index in [2.05, 4.69) is 10.9 Å². The van der Waals surface area contributed by atoms with E-state index in [1.807, 2.05) is 0 Å². The lowest BCUT2D eigenvalue weighted by Gasteiger charge is -2.44. The predicted molar refractivity (Wildman–Crippen MR) is 38.9 cm³/mol. The van der Waals surface area contributed by atoms with Crippen molar-refractivity contribution in [2.75, 3.05) is 0 Å². The number of nitrogens with one attached hydrogen (secondary N) is 2. The molecule has 0 aromatic heterocycles. The van der Waals surface area contributed by atoms with Crippen molar-refractivity contribution in [1.82, 2.24) is 10.9 Å². The molecule has 1 saturated carbocycles. The van der Waals surface area contributed by atoms with Gasteiger partial charge in [-0.2, -0.15) is 0 Å². The van der Waals surface area contributed by atoms with Crippen molar-refractivity contribution in [2.24, 2.45) is 0 Å². The minimum atomic E-state index is -0.719. The molecule has 2 saturated heterocycles. The molecule has 3 rings (SSSR count). The zero-order chi connectivity index (χ0) is 7.90. The first-order valence-corrected chi connectivity index (χ1v) is 3.99. The molecule has 3 N–H and O–H groups in total. The third-order valence-electron chi connectivity index (χ3n) is 2.76. The smallest absolute Gasteiger partial charge is 0.325 e. The van der Waals surface area contributed by atoms with E-state index in [0.717, 1.165) is 25.7 Å². The van der Waals surface area contributed by atoms with Crippen molar-refractivity contribution >= 4 is 5.97 Å². The first-order chi connectivity index (χ1) is 5.23. The highest BCUT2D eigenvalue weighted by Gasteiger charge is 2.45. The van der Waals surface area contributed by atoms with Gasteiger partial charge in [0.1, 0.15) is 5.54 Å². The van der Waals surface area contributed by atoms with Gasteiger partial charge in [-0.3, -0.25) is 10.2 Å². The SMILES string of the molecule is O=C(O)C12CCC(CC1)NN2. The monoisotopic (exact) mass is 156 g/mol. The van der Waals surface area contributed by atoms with E-state index in [0.29, 0.717) is 6.04 Å². The maximum absolute atomic E-state index is 10.8. The second-order valence-corrected chi connectivity index (χ2v) is 3.43. The summed E-state index contributed by atoms with van der Waals surface area (Å²) in [5, 5.41) is 8.91. The van der Waals surface area contributed by atoms with Crippen LogP contribution in [0.2, 0.25) is 0 Å². The van der Waals surface area contributed by atoms with Gasteiger partial charge in [0.05, 0.1) is 0 Å². The van der Waals surface area contributed by atoms with Gasteiger partial charge in [-0.05, 0) is 25.7 Å². The fraction of sp³-hybridized carbons (Fsp3) is 0.857. The number of carboxylic acids is 1. The summed E-state index contributed by atoms with van der Waals surface area (Å²) >= 11 is 0. The average Bonchev–Trinajstić information content (AvgIpc) is 2.08. The Morgan fingerprint density at radius 2 is 2.09 bits per heavy atom. The molecule has 3 fully saturated rings. The van der Waals surface area contributed by atoms with E-state index in [1.54, 1.807) is 0 Å². The Bertz CT molecular complexity index is 171. The zero-order valence-corrected chi connectivity index (χ0v) is 6.26. The Hall–Kier alpha value is -0.610. The summed E-state index contributed by atoms with van der Waals surface area (Å²) in [6.07, 6.45) is 3.50. The molecule has 3 aliphatic rings. The van der Waals surface area contributed by atoms with Gasteiger partial charge in [0, 0.05) is 6.04 Å². The van der Waals surface area contributed by atoms with Crippen molar-refractivity contribution in [2.45, 2.75) is 37.3 Å². The molecular formula is C7H12N2O2. The second kappa shape index (κ2) is 2.19. The molecule has 0 aromatic rings. The molecule has 0 atom stereocenters. The van der Waals surface area contributed by atoms with Crippen LogP contribution in [-0.4, -0.2) is 22.7 Å². The highest BCUT2D eigenvalue weighted by atomic mass is 16.4. The lowest BCUT2D eigenvalue weighted by molar-refractivity contribution is -0.149. The Labute approximate surface area is 64.9 Å². The molecule has 1 aliphatic carbocycles. The van der Waals surface area contributed by atoms with Crippen molar-refractivity contribution in [3.05, 3.63) is 0 Å². The minimum Gasteiger partial charge on any atom is -0.480 e. The van der Waals surface area contributed by atoms with Crippen molar-refractivity contribution in [1.29, 1.82) is 0 Å². The highest BCUT2D eigenvalue weighted by molar-refractivity contribution is 5.79. The van der Waals surface area contributed by atoms with Gasteiger partial charge in [-0.15, -0.1) is 0 Å². The first kappa shape index (κ1) is 7.06. The molecule has 0 aromatic carbocycles. The van der Waals surface area contributed by atoms with Crippen molar-refractivity contribution in [3.63, 3.8) is 0 Å². The van der Waals surface area contributed by atoms with Gasteiger partial charge < -0.3 is 5.11 Å². The van der Waals surface area contributed by atoms with Crippen LogP contribution in [0.25, 0.3) is 0 Å². The molecular weight excluding hydrogens is 144 g/mol. The highest BCUT2D eigenvalue weighted by Crippen LogP contribution is 2.31. The number of carbonyl (C=O) groups is 1. The summed E-state index contributed by atoms with van der Waals surface area (Å²) in [6.45, 7) is 0. The van der Waals surface area contributed by atoms with E-state index in [4.69, 9.17) is 5.11 Å². The van der Waals surface area contributed by atoms with Crippen molar-refractivity contribution in [3.8, 4) is 0 Å². The van der Waals surface area contributed by atoms with Crippen LogP contribution in [-0.2, 0) is 4.79 Å². The van der Waals surface area contributed by atoms with Crippen LogP contribution in [0.4, 0.5) is 0 Å². The molecule has 0 radical (unpaired) electrons. The third-order valence-corrected chi connectivity index (χ3v) is 2.76. The number of aliphatic carboxylic acids is 1. The van der Waals surface area contributed by atoms with Gasteiger partial charge in [-0.25, -0.2) is 5.43 Å². The summed E-state index contributed by atoms with van der Waals surface area (Å²) in [7, 11) is 0. The number of hydrogen-bond acceptors (Lipinski definition) is 3. The largest absolute Gasteiger partial charge is 0.480 e. The van der Waals surface area contributed by atoms with Gasteiger partial charge in [-0.1, -0.05) is 0 Å². The van der Waals surface area contributed by atoms with Crippen LogP contribution < -0.4 is 10.9 Å². The van der Waals surface area contributed by atoms with Crippen LogP contribution in [0, 0.1) is 0 Å². The number of hydrogen-bond donors (Lipinski definition) is 3. The van der Waals surface area contributed by atoms with E-state index < -0.39 is 11.5 Å². The summed E-state index contributed by atoms with van der Waals surface area (Å²) < 4.78 is 0. The number of carboxylic acid groups (broad SMARTS) is 1. The summed E-state index contributed by atoms with van der Waals surface area (Å²) in [5.41, 5.74) is 5.23. The standard InChI is InChI=1S/C7H12N2O2/c10-6(11)7-3-1-5(2-4-7)8-9-7/h5,8-9H,1-4H2,(H,10,11). The van der Waals surface area contributed by atoms with Gasteiger partial charge >= 0.3 is 5.97 Å². The number of hydrazine groups is 1. The Balaban J connectivity index is 2.18.